The normalized spacial score (nSPS) is 16.0. The zero-order chi connectivity index (χ0) is 20.5. The lowest BCUT2D eigenvalue weighted by Gasteiger charge is -2.31. The monoisotopic (exact) mass is 411 g/mol. The summed E-state index contributed by atoms with van der Waals surface area (Å²) >= 11 is 1.62. The van der Waals surface area contributed by atoms with Gasteiger partial charge in [-0.15, -0.1) is 11.3 Å². The van der Waals surface area contributed by atoms with E-state index < -0.39 is 0 Å². The lowest BCUT2D eigenvalue weighted by atomic mass is 10.0. The number of aryl methyl sites for hydroxylation is 2. The van der Waals surface area contributed by atoms with Crippen molar-refractivity contribution in [3.8, 4) is 11.1 Å². The zero-order valence-corrected chi connectivity index (χ0v) is 18.5. The Morgan fingerprint density at radius 2 is 1.86 bits per heavy atom. The minimum absolute atomic E-state index is 0.107. The molecule has 29 heavy (non-hydrogen) atoms. The van der Waals surface area contributed by atoms with Gasteiger partial charge in [-0.1, -0.05) is 29.8 Å². The van der Waals surface area contributed by atoms with Crippen LogP contribution in [-0.2, 0) is 11.2 Å². The number of rotatable bonds is 5. The first-order chi connectivity index (χ1) is 14.0. The SMILES string of the molecule is COCCc1nc2sc(C)c(-c3ccc(C)cc3)c2c(=O)n1C1CCN(C)CC1. The van der Waals surface area contributed by atoms with Gasteiger partial charge in [0.15, 0.2) is 0 Å². The Balaban J connectivity index is 1.91. The second-order valence-electron chi connectivity index (χ2n) is 8.06. The van der Waals surface area contributed by atoms with Crippen molar-refractivity contribution in [1.82, 2.24) is 14.5 Å². The van der Waals surface area contributed by atoms with E-state index in [0.29, 0.717) is 13.0 Å². The molecule has 0 saturated carbocycles. The van der Waals surface area contributed by atoms with Crippen LogP contribution in [0.1, 0.15) is 35.1 Å². The number of fused-ring (bicyclic) bond motifs is 1. The maximum atomic E-state index is 13.8. The van der Waals surface area contributed by atoms with Gasteiger partial charge < -0.3 is 9.64 Å². The van der Waals surface area contributed by atoms with E-state index in [1.165, 1.54) is 5.56 Å². The minimum Gasteiger partial charge on any atom is -0.384 e. The maximum Gasteiger partial charge on any atom is 0.263 e. The highest BCUT2D eigenvalue weighted by Gasteiger charge is 2.26. The van der Waals surface area contributed by atoms with Crippen LogP contribution >= 0.6 is 11.3 Å². The molecule has 2 aromatic heterocycles. The van der Waals surface area contributed by atoms with Crippen molar-refractivity contribution < 1.29 is 4.74 Å². The first kappa shape index (κ1) is 20.3. The smallest absolute Gasteiger partial charge is 0.263 e. The van der Waals surface area contributed by atoms with Gasteiger partial charge in [-0.3, -0.25) is 9.36 Å². The highest BCUT2D eigenvalue weighted by Crippen LogP contribution is 2.36. The number of thiophene rings is 1. The van der Waals surface area contributed by atoms with Crippen molar-refractivity contribution in [2.75, 3.05) is 33.9 Å². The standard InChI is InChI=1S/C23H29N3O2S/c1-15-5-7-17(8-6-15)20-16(2)29-22-21(20)23(27)26(19(24-22)11-14-28-4)18-9-12-25(3)13-10-18/h5-8,18H,9-14H2,1-4H3. The third-order valence-electron chi connectivity index (χ3n) is 5.93. The Morgan fingerprint density at radius 1 is 1.17 bits per heavy atom. The molecule has 1 saturated heterocycles. The molecular weight excluding hydrogens is 382 g/mol. The molecule has 0 spiro atoms. The van der Waals surface area contributed by atoms with Crippen molar-refractivity contribution in [1.29, 1.82) is 0 Å². The minimum atomic E-state index is 0.107. The number of likely N-dealkylation sites (tertiary alicyclic amines) is 1. The molecule has 154 valence electrons. The van der Waals surface area contributed by atoms with E-state index in [0.717, 1.165) is 58.0 Å². The van der Waals surface area contributed by atoms with Crippen LogP contribution in [0.15, 0.2) is 29.1 Å². The van der Waals surface area contributed by atoms with Crippen molar-refractivity contribution >= 4 is 21.6 Å². The largest absolute Gasteiger partial charge is 0.384 e. The average molecular weight is 412 g/mol. The molecule has 1 aliphatic heterocycles. The van der Waals surface area contributed by atoms with Gasteiger partial charge in [0.1, 0.15) is 10.7 Å². The third-order valence-corrected chi connectivity index (χ3v) is 6.93. The summed E-state index contributed by atoms with van der Waals surface area (Å²) < 4.78 is 7.29. The van der Waals surface area contributed by atoms with Crippen LogP contribution in [0, 0.1) is 13.8 Å². The number of methoxy groups -OCH3 is 1. The lowest BCUT2D eigenvalue weighted by Crippen LogP contribution is -2.37. The molecule has 0 unspecified atom stereocenters. The van der Waals surface area contributed by atoms with E-state index in [2.05, 4.69) is 50.1 Å². The average Bonchev–Trinajstić information content (AvgIpc) is 3.04. The number of hydrogen-bond donors (Lipinski definition) is 0. The number of nitrogens with zero attached hydrogens (tertiary/aromatic N) is 3. The molecular formula is C23H29N3O2S. The van der Waals surface area contributed by atoms with Crippen LogP contribution < -0.4 is 5.56 Å². The summed E-state index contributed by atoms with van der Waals surface area (Å²) in [7, 11) is 3.84. The van der Waals surface area contributed by atoms with Gasteiger partial charge in [-0.2, -0.15) is 0 Å². The number of ether oxygens (including phenoxy) is 1. The van der Waals surface area contributed by atoms with Gasteiger partial charge in [-0.05, 0) is 52.4 Å². The molecule has 0 bridgehead atoms. The van der Waals surface area contributed by atoms with Crippen molar-refractivity contribution in [3.05, 3.63) is 50.9 Å². The number of aromatic nitrogens is 2. The third kappa shape index (κ3) is 3.89. The highest BCUT2D eigenvalue weighted by atomic mass is 32.1. The van der Waals surface area contributed by atoms with Crippen LogP contribution in [0.3, 0.4) is 0 Å². The van der Waals surface area contributed by atoms with Gasteiger partial charge in [0.2, 0.25) is 0 Å². The molecule has 6 heteroatoms. The van der Waals surface area contributed by atoms with Crippen molar-refractivity contribution in [2.24, 2.45) is 0 Å². The van der Waals surface area contributed by atoms with Crippen molar-refractivity contribution in [3.63, 3.8) is 0 Å². The summed E-state index contributed by atoms with van der Waals surface area (Å²) in [6.07, 6.45) is 2.62. The second-order valence-corrected chi connectivity index (χ2v) is 9.26. The zero-order valence-electron chi connectivity index (χ0n) is 17.7. The van der Waals surface area contributed by atoms with Crippen LogP contribution in [0.5, 0.6) is 0 Å². The Kier molecular flexibility index (Phi) is 5.86. The van der Waals surface area contributed by atoms with Gasteiger partial charge >= 0.3 is 0 Å². The summed E-state index contributed by atoms with van der Waals surface area (Å²) in [6, 6.07) is 8.64. The molecule has 0 amide bonds. The molecule has 3 aromatic rings. The first-order valence-corrected chi connectivity index (χ1v) is 11.1. The van der Waals surface area contributed by atoms with Crippen LogP contribution in [-0.4, -0.2) is 48.3 Å². The molecule has 3 heterocycles. The quantitative estimate of drug-likeness (QED) is 0.631. The molecule has 1 aromatic carbocycles. The lowest BCUT2D eigenvalue weighted by molar-refractivity contribution is 0.191. The molecule has 1 fully saturated rings. The Bertz CT molecular complexity index is 1060. The van der Waals surface area contributed by atoms with E-state index in [1.807, 2.05) is 4.57 Å². The summed E-state index contributed by atoms with van der Waals surface area (Å²) in [5.41, 5.74) is 3.46. The van der Waals surface area contributed by atoms with Gasteiger partial charge in [0.25, 0.3) is 5.56 Å². The summed E-state index contributed by atoms with van der Waals surface area (Å²) in [5, 5.41) is 0.774. The Hall–Kier alpha value is -2.02. The molecule has 0 radical (unpaired) electrons. The van der Waals surface area contributed by atoms with E-state index in [4.69, 9.17) is 9.72 Å². The number of hydrogen-bond acceptors (Lipinski definition) is 5. The van der Waals surface area contributed by atoms with Crippen LogP contribution in [0.25, 0.3) is 21.3 Å². The predicted octanol–water partition coefficient (Wildman–Crippen LogP) is 4.20. The van der Waals surface area contributed by atoms with E-state index in [-0.39, 0.29) is 11.6 Å². The van der Waals surface area contributed by atoms with Gasteiger partial charge in [0, 0.05) is 30.0 Å². The van der Waals surface area contributed by atoms with Gasteiger partial charge in [0.05, 0.1) is 12.0 Å². The Morgan fingerprint density at radius 3 is 2.52 bits per heavy atom. The van der Waals surface area contributed by atoms with E-state index >= 15 is 0 Å². The molecule has 0 N–H and O–H groups in total. The summed E-state index contributed by atoms with van der Waals surface area (Å²) in [5.74, 6) is 0.857. The highest BCUT2D eigenvalue weighted by molar-refractivity contribution is 7.19. The van der Waals surface area contributed by atoms with E-state index in [9.17, 15) is 4.79 Å². The molecule has 1 aliphatic rings. The fourth-order valence-electron chi connectivity index (χ4n) is 4.28. The fraction of sp³-hybridized carbons (Fsp3) is 0.478. The number of piperidine rings is 1. The summed E-state index contributed by atoms with van der Waals surface area (Å²) in [6.45, 7) is 6.76. The number of benzene rings is 1. The van der Waals surface area contributed by atoms with Gasteiger partial charge in [-0.25, -0.2) is 4.98 Å². The molecule has 5 nitrogen and oxygen atoms in total. The molecule has 0 atom stereocenters. The first-order valence-electron chi connectivity index (χ1n) is 10.3. The topological polar surface area (TPSA) is 47.4 Å². The maximum absolute atomic E-state index is 13.8. The predicted molar refractivity (Wildman–Crippen MR) is 120 cm³/mol. The van der Waals surface area contributed by atoms with E-state index in [1.54, 1.807) is 18.4 Å². The second kappa shape index (κ2) is 8.38. The van der Waals surface area contributed by atoms with Crippen LogP contribution in [0.2, 0.25) is 0 Å². The summed E-state index contributed by atoms with van der Waals surface area (Å²) in [4.78, 5) is 23.1. The fourth-order valence-corrected chi connectivity index (χ4v) is 5.34. The van der Waals surface area contributed by atoms with Crippen molar-refractivity contribution in [2.45, 2.75) is 39.2 Å². The van der Waals surface area contributed by atoms with Crippen LogP contribution in [0.4, 0.5) is 0 Å². The molecule has 4 rings (SSSR count). The Labute approximate surface area is 176 Å². The molecule has 0 aliphatic carbocycles.